The molecule has 1 saturated heterocycles. The van der Waals surface area contributed by atoms with Crippen molar-refractivity contribution in [1.29, 1.82) is 0 Å². The average molecular weight is 315 g/mol. The van der Waals surface area contributed by atoms with Gasteiger partial charge in [-0.25, -0.2) is 0 Å². The summed E-state index contributed by atoms with van der Waals surface area (Å²) in [5.74, 6) is -0.0795. The van der Waals surface area contributed by atoms with Gasteiger partial charge in [0.2, 0.25) is 5.91 Å². The average Bonchev–Trinajstić information content (AvgIpc) is 2.42. The molecule has 0 unspecified atom stereocenters. The SMILES string of the molecule is CC(=O)N1CCC(NC(=O)c2ccc(Cl)c(Cl)c2)CC1. The summed E-state index contributed by atoms with van der Waals surface area (Å²) in [6.07, 6.45) is 1.54. The first-order valence-electron chi connectivity index (χ1n) is 6.49. The zero-order valence-electron chi connectivity index (χ0n) is 11.2. The summed E-state index contributed by atoms with van der Waals surface area (Å²) in [5.41, 5.74) is 0.494. The number of hydrogen-bond acceptors (Lipinski definition) is 2. The summed E-state index contributed by atoms with van der Waals surface area (Å²) in [4.78, 5) is 25.1. The minimum atomic E-state index is -0.162. The highest BCUT2D eigenvalue weighted by Gasteiger charge is 2.22. The number of piperidine rings is 1. The predicted molar refractivity (Wildman–Crippen MR) is 79.2 cm³/mol. The highest BCUT2D eigenvalue weighted by Crippen LogP contribution is 2.22. The van der Waals surface area contributed by atoms with Crippen molar-refractivity contribution in [3.05, 3.63) is 33.8 Å². The Morgan fingerprint density at radius 3 is 2.40 bits per heavy atom. The van der Waals surface area contributed by atoms with Crippen LogP contribution in [0.1, 0.15) is 30.1 Å². The van der Waals surface area contributed by atoms with Gasteiger partial charge in [-0.2, -0.15) is 0 Å². The zero-order valence-corrected chi connectivity index (χ0v) is 12.7. The summed E-state index contributed by atoms with van der Waals surface area (Å²) in [6, 6.07) is 4.91. The van der Waals surface area contributed by atoms with Crippen molar-refractivity contribution < 1.29 is 9.59 Å². The Labute approximate surface area is 128 Å². The first kappa shape index (κ1) is 15.1. The van der Waals surface area contributed by atoms with Crippen molar-refractivity contribution in [3.8, 4) is 0 Å². The van der Waals surface area contributed by atoms with Gasteiger partial charge >= 0.3 is 0 Å². The van der Waals surface area contributed by atoms with E-state index in [0.717, 1.165) is 12.8 Å². The fourth-order valence-corrected chi connectivity index (χ4v) is 2.54. The van der Waals surface area contributed by atoms with Gasteiger partial charge in [-0.15, -0.1) is 0 Å². The third-order valence-electron chi connectivity index (χ3n) is 3.46. The number of halogens is 2. The van der Waals surface area contributed by atoms with Crippen LogP contribution in [0.5, 0.6) is 0 Å². The third-order valence-corrected chi connectivity index (χ3v) is 4.20. The van der Waals surface area contributed by atoms with E-state index < -0.39 is 0 Å². The quantitative estimate of drug-likeness (QED) is 0.912. The van der Waals surface area contributed by atoms with Crippen LogP contribution in [0.3, 0.4) is 0 Å². The Bertz CT molecular complexity index is 526. The first-order valence-corrected chi connectivity index (χ1v) is 7.24. The molecule has 0 aromatic heterocycles. The molecule has 1 fully saturated rings. The molecule has 1 N–H and O–H groups in total. The number of likely N-dealkylation sites (tertiary alicyclic amines) is 1. The molecule has 2 rings (SSSR count). The topological polar surface area (TPSA) is 49.4 Å². The van der Waals surface area contributed by atoms with Crippen LogP contribution < -0.4 is 5.32 Å². The van der Waals surface area contributed by atoms with Crippen LogP contribution in [-0.4, -0.2) is 35.8 Å². The number of nitrogens with zero attached hydrogens (tertiary/aromatic N) is 1. The molecule has 1 aromatic rings. The third kappa shape index (κ3) is 3.64. The molecule has 4 nitrogen and oxygen atoms in total. The molecular formula is C14H16Cl2N2O2. The lowest BCUT2D eigenvalue weighted by Crippen LogP contribution is -2.46. The minimum absolute atomic E-state index is 0.0826. The maximum Gasteiger partial charge on any atom is 0.251 e. The van der Waals surface area contributed by atoms with E-state index in [-0.39, 0.29) is 17.9 Å². The van der Waals surface area contributed by atoms with Gasteiger partial charge in [0.25, 0.3) is 5.91 Å². The summed E-state index contributed by atoms with van der Waals surface area (Å²) in [6.45, 7) is 2.93. The minimum Gasteiger partial charge on any atom is -0.349 e. The van der Waals surface area contributed by atoms with E-state index in [1.165, 1.54) is 0 Å². The molecule has 20 heavy (non-hydrogen) atoms. The zero-order chi connectivity index (χ0) is 14.7. The number of hydrogen-bond donors (Lipinski definition) is 1. The highest BCUT2D eigenvalue weighted by molar-refractivity contribution is 6.42. The number of nitrogens with one attached hydrogen (secondary N) is 1. The largest absolute Gasteiger partial charge is 0.349 e. The van der Waals surface area contributed by atoms with Crippen LogP contribution in [0.2, 0.25) is 10.0 Å². The molecule has 0 spiro atoms. The Morgan fingerprint density at radius 1 is 1.20 bits per heavy atom. The monoisotopic (exact) mass is 314 g/mol. The van der Waals surface area contributed by atoms with E-state index in [4.69, 9.17) is 23.2 Å². The van der Waals surface area contributed by atoms with Gasteiger partial charge in [-0.3, -0.25) is 9.59 Å². The summed E-state index contributed by atoms with van der Waals surface area (Å²) in [5, 5.41) is 3.76. The van der Waals surface area contributed by atoms with Crippen LogP contribution >= 0.6 is 23.2 Å². The standard InChI is InChI=1S/C14H16Cl2N2O2/c1-9(19)18-6-4-11(5-7-18)17-14(20)10-2-3-12(15)13(16)8-10/h2-3,8,11H,4-7H2,1H3,(H,17,20). The summed E-state index contributed by atoms with van der Waals surface area (Å²) < 4.78 is 0. The molecule has 0 atom stereocenters. The number of carbonyl (C=O) groups is 2. The Morgan fingerprint density at radius 2 is 1.85 bits per heavy atom. The van der Waals surface area contributed by atoms with Gasteiger partial charge in [0.15, 0.2) is 0 Å². The van der Waals surface area contributed by atoms with Crippen molar-refractivity contribution in [2.75, 3.05) is 13.1 Å². The van der Waals surface area contributed by atoms with Gasteiger partial charge in [-0.1, -0.05) is 23.2 Å². The molecule has 0 aliphatic carbocycles. The lowest BCUT2D eigenvalue weighted by molar-refractivity contribution is -0.129. The van der Waals surface area contributed by atoms with Gasteiger partial charge in [-0.05, 0) is 31.0 Å². The molecule has 1 heterocycles. The van der Waals surface area contributed by atoms with E-state index in [2.05, 4.69) is 5.32 Å². The van der Waals surface area contributed by atoms with Gasteiger partial charge in [0, 0.05) is 31.6 Å². The number of carbonyl (C=O) groups excluding carboxylic acids is 2. The van der Waals surface area contributed by atoms with E-state index in [1.807, 2.05) is 0 Å². The van der Waals surface area contributed by atoms with Gasteiger partial charge in [0.05, 0.1) is 10.0 Å². The maximum absolute atomic E-state index is 12.1. The lowest BCUT2D eigenvalue weighted by Gasteiger charge is -2.31. The van der Waals surface area contributed by atoms with Crippen LogP contribution in [0.4, 0.5) is 0 Å². The second kappa shape index (κ2) is 6.46. The van der Waals surface area contributed by atoms with Crippen molar-refractivity contribution in [2.24, 2.45) is 0 Å². The molecule has 1 aromatic carbocycles. The molecule has 2 amide bonds. The first-order chi connectivity index (χ1) is 9.47. The van der Waals surface area contributed by atoms with Crippen LogP contribution in [-0.2, 0) is 4.79 Å². The maximum atomic E-state index is 12.1. The predicted octanol–water partition coefficient (Wildman–Crippen LogP) is 2.73. The second-order valence-electron chi connectivity index (χ2n) is 4.88. The van der Waals surface area contributed by atoms with Crippen LogP contribution in [0, 0.1) is 0 Å². The normalized spacial score (nSPS) is 16.1. The molecule has 0 bridgehead atoms. The van der Waals surface area contributed by atoms with E-state index in [1.54, 1.807) is 30.0 Å². The Balaban J connectivity index is 1.92. The molecule has 108 valence electrons. The van der Waals surface area contributed by atoms with Crippen LogP contribution in [0.15, 0.2) is 18.2 Å². The summed E-state index contributed by atoms with van der Waals surface area (Å²) in [7, 11) is 0. The molecular weight excluding hydrogens is 299 g/mol. The van der Waals surface area contributed by atoms with Gasteiger partial charge in [0.1, 0.15) is 0 Å². The van der Waals surface area contributed by atoms with E-state index in [0.29, 0.717) is 28.7 Å². The fraction of sp³-hybridized carbons (Fsp3) is 0.429. The van der Waals surface area contributed by atoms with Crippen LogP contribution in [0.25, 0.3) is 0 Å². The second-order valence-corrected chi connectivity index (χ2v) is 5.70. The van der Waals surface area contributed by atoms with Crippen molar-refractivity contribution in [1.82, 2.24) is 10.2 Å². The smallest absolute Gasteiger partial charge is 0.251 e. The number of rotatable bonds is 2. The van der Waals surface area contributed by atoms with E-state index in [9.17, 15) is 9.59 Å². The van der Waals surface area contributed by atoms with Crippen molar-refractivity contribution in [2.45, 2.75) is 25.8 Å². The lowest BCUT2D eigenvalue weighted by atomic mass is 10.0. The molecule has 1 aliphatic rings. The Kier molecular flexibility index (Phi) is 4.89. The van der Waals surface area contributed by atoms with E-state index >= 15 is 0 Å². The summed E-state index contributed by atoms with van der Waals surface area (Å²) >= 11 is 11.7. The van der Waals surface area contributed by atoms with Crippen molar-refractivity contribution >= 4 is 35.0 Å². The highest BCUT2D eigenvalue weighted by atomic mass is 35.5. The fourth-order valence-electron chi connectivity index (χ4n) is 2.24. The number of amides is 2. The molecule has 1 aliphatic heterocycles. The van der Waals surface area contributed by atoms with Crippen molar-refractivity contribution in [3.63, 3.8) is 0 Å². The Hall–Kier alpha value is -1.26. The molecule has 0 radical (unpaired) electrons. The molecule has 6 heteroatoms. The molecule has 0 saturated carbocycles. The van der Waals surface area contributed by atoms with Gasteiger partial charge < -0.3 is 10.2 Å². The number of benzene rings is 1.